The van der Waals surface area contributed by atoms with E-state index >= 15 is 0 Å². The van der Waals surface area contributed by atoms with Gasteiger partial charge in [0, 0.05) is 16.2 Å². The molecule has 2 aromatic rings. The number of hydrogen-bond acceptors (Lipinski definition) is 1. The van der Waals surface area contributed by atoms with Crippen molar-refractivity contribution in [2.45, 2.75) is 45.6 Å². The van der Waals surface area contributed by atoms with Crippen LogP contribution in [0, 0.1) is 5.41 Å². The molecular formula is C18H22BrN. The Kier molecular flexibility index (Phi) is 3.76. The summed E-state index contributed by atoms with van der Waals surface area (Å²) in [5.74, 6) is 0. The van der Waals surface area contributed by atoms with Crippen LogP contribution in [0.1, 0.15) is 39.5 Å². The molecule has 1 aliphatic carbocycles. The summed E-state index contributed by atoms with van der Waals surface area (Å²) in [6.07, 6.45) is 5.26. The number of anilines is 1. The highest BCUT2D eigenvalue weighted by atomic mass is 79.9. The third kappa shape index (κ3) is 3.17. The Bertz CT molecular complexity index is 618. The molecule has 2 heteroatoms. The highest BCUT2D eigenvalue weighted by molar-refractivity contribution is 9.10. The molecule has 0 aliphatic heterocycles. The van der Waals surface area contributed by atoms with Gasteiger partial charge in [-0.1, -0.05) is 48.3 Å². The van der Waals surface area contributed by atoms with Crippen LogP contribution in [-0.2, 0) is 0 Å². The van der Waals surface area contributed by atoms with Crippen molar-refractivity contribution < 1.29 is 0 Å². The van der Waals surface area contributed by atoms with E-state index in [0.717, 1.165) is 4.47 Å². The zero-order chi connectivity index (χ0) is 14.2. The Morgan fingerprint density at radius 3 is 2.65 bits per heavy atom. The summed E-state index contributed by atoms with van der Waals surface area (Å²) in [6, 6.07) is 13.7. The lowest BCUT2D eigenvalue weighted by molar-refractivity contribution is 0.229. The van der Waals surface area contributed by atoms with E-state index in [1.54, 1.807) is 0 Å². The predicted molar refractivity (Wildman–Crippen MR) is 91.3 cm³/mol. The summed E-state index contributed by atoms with van der Waals surface area (Å²) in [5.41, 5.74) is 1.74. The highest BCUT2D eigenvalue weighted by Gasteiger charge is 2.27. The lowest BCUT2D eigenvalue weighted by Crippen LogP contribution is -2.31. The van der Waals surface area contributed by atoms with Crippen LogP contribution in [-0.4, -0.2) is 6.04 Å². The maximum absolute atomic E-state index is 3.73. The van der Waals surface area contributed by atoms with Crippen molar-refractivity contribution in [3.05, 3.63) is 40.9 Å². The summed E-state index contributed by atoms with van der Waals surface area (Å²) in [7, 11) is 0. The SMILES string of the molecule is CC1(C)CCCC(Nc2ccc3cc(Br)ccc3c2)C1. The normalized spacial score (nSPS) is 21.9. The Balaban J connectivity index is 1.79. The molecule has 1 saturated carbocycles. The maximum atomic E-state index is 3.73. The average molecular weight is 332 g/mol. The molecule has 1 aliphatic rings. The number of nitrogens with one attached hydrogen (secondary N) is 1. The molecule has 0 saturated heterocycles. The monoisotopic (exact) mass is 331 g/mol. The van der Waals surface area contributed by atoms with Gasteiger partial charge in [-0.2, -0.15) is 0 Å². The van der Waals surface area contributed by atoms with Gasteiger partial charge in [0.25, 0.3) is 0 Å². The van der Waals surface area contributed by atoms with Crippen LogP contribution in [0.25, 0.3) is 10.8 Å². The molecular weight excluding hydrogens is 310 g/mol. The van der Waals surface area contributed by atoms with Crippen LogP contribution in [0.4, 0.5) is 5.69 Å². The Morgan fingerprint density at radius 2 is 1.85 bits per heavy atom. The smallest absolute Gasteiger partial charge is 0.0348 e. The standard InChI is InChI=1S/C18H22BrN/c1-18(2)9-3-4-17(12-18)20-16-8-6-13-10-15(19)7-5-14(13)11-16/h5-8,10-11,17,20H,3-4,9,12H2,1-2H3. The first-order valence-electron chi connectivity index (χ1n) is 7.48. The van der Waals surface area contributed by atoms with E-state index in [1.165, 1.54) is 42.1 Å². The third-order valence-electron chi connectivity index (χ3n) is 4.38. The van der Waals surface area contributed by atoms with Gasteiger partial charge in [0.05, 0.1) is 0 Å². The molecule has 106 valence electrons. The Morgan fingerprint density at radius 1 is 1.10 bits per heavy atom. The van der Waals surface area contributed by atoms with Gasteiger partial charge < -0.3 is 5.32 Å². The summed E-state index contributed by atoms with van der Waals surface area (Å²) in [5, 5.41) is 6.32. The van der Waals surface area contributed by atoms with Crippen LogP contribution in [0.5, 0.6) is 0 Å². The molecule has 20 heavy (non-hydrogen) atoms. The first-order chi connectivity index (χ1) is 9.52. The van der Waals surface area contributed by atoms with E-state index < -0.39 is 0 Å². The summed E-state index contributed by atoms with van der Waals surface area (Å²) in [6.45, 7) is 4.78. The minimum Gasteiger partial charge on any atom is -0.382 e. The molecule has 3 rings (SSSR count). The molecule has 1 fully saturated rings. The van der Waals surface area contributed by atoms with Crippen LogP contribution in [0.2, 0.25) is 0 Å². The molecule has 0 radical (unpaired) electrons. The molecule has 0 bridgehead atoms. The van der Waals surface area contributed by atoms with Gasteiger partial charge in [0.1, 0.15) is 0 Å². The number of halogens is 1. The molecule has 2 aromatic carbocycles. The van der Waals surface area contributed by atoms with Gasteiger partial charge in [0.2, 0.25) is 0 Å². The lowest BCUT2D eigenvalue weighted by atomic mass is 9.75. The first-order valence-corrected chi connectivity index (χ1v) is 8.27. The minimum atomic E-state index is 0.484. The zero-order valence-corrected chi connectivity index (χ0v) is 13.8. The van der Waals surface area contributed by atoms with Crippen molar-refractivity contribution in [2.24, 2.45) is 5.41 Å². The molecule has 0 aromatic heterocycles. The fourth-order valence-corrected chi connectivity index (χ4v) is 3.74. The van der Waals surface area contributed by atoms with Gasteiger partial charge in [0.15, 0.2) is 0 Å². The maximum Gasteiger partial charge on any atom is 0.0348 e. The minimum absolute atomic E-state index is 0.484. The Hall–Kier alpha value is -1.02. The molecule has 0 spiro atoms. The average Bonchev–Trinajstić information content (AvgIpc) is 2.38. The van der Waals surface area contributed by atoms with Crippen LogP contribution >= 0.6 is 15.9 Å². The molecule has 0 heterocycles. The fourth-order valence-electron chi connectivity index (χ4n) is 3.36. The van der Waals surface area contributed by atoms with Crippen LogP contribution in [0.3, 0.4) is 0 Å². The fraction of sp³-hybridized carbons (Fsp3) is 0.444. The molecule has 0 amide bonds. The van der Waals surface area contributed by atoms with E-state index in [2.05, 4.69) is 71.5 Å². The van der Waals surface area contributed by atoms with Gasteiger partial charge in [-0.05, 0) is 59.7 Å². The van der Waals surface area contributed by atoms with Crippen molar-refractivity contribution in [3.8, 4) is 0 Å². The second-order valence-corrected chi connectivity index (χ2v) is 7.72. The molecule has 1 N–H and O–H groups in total. The van der Waals surface area contributed by atoms with Crippen molar-refractivity contribution in [1.29, 1.82) is 0 Å². The summed E-state index contributed by atoms with van der Waals surface area (Å²) in [4.78, 5) is 0. The summed E-state index contributed by atoms with van der Waals surface area (Å²) >= 11 is 3.53. The van der Waals surface area contributed by atoms with Gasteiger partial charge in [-0.3, -0.25) is 0 Å². The van der Waals surface area contributed by atoms with Crippen molar-refractivity contribution in [3.63, 3.8) is 0 Å². The van der Waals surface area contributed by atoms with Crippen molar-refractivity contribution >= 4 is 32.4 Å². The summed E-state index contributed by atoms with van der Waals surface area (Å²) < 4.78 is 1.14. The quantitative estimate of drug-likeness (QED) is 0.713. The molecule has 1 unspecified atom stereocenters. The second kappa shape index (κ2) is 5.40. The van der Waals surface area contributed by atoms with Crippen molar-refractivity contribution in [2.75, 3.05) is 5.32 Å². The van der Waals surface area contributed by atoms with E-state index in [9.17, 15) is 0 Å². The van der Waals surface area contributed by atoms with Crippen LogP contribution < -0.4 is 5.32 Å². The van der Waals surface area contributed by atoms with Gasteiger partial charge in [-0.15, -0.1) is 0 Å². The van der Waals surface area contributed by atoms with Gasteiger partial charge >= 0.3 is 0 Å². The highest BCUT2D eigenvalue weighted by Crippen LogP contribution is 2.36. The largest absolute Gasteiger partial charge is 0.382 e. The Labute approximate surface area is 129 Å². The van der Waals surface area contributed by atoms with Gasteiger partial charge in [-0.25, -0.2) is 0 Å². The van der Waals surface area contributed by atoms with Crippen molar-refractivity contribution in [1.82, 2.24) is 0 Å². The molecule has 1 atom stereocenters. The number of rotatable bonds is 2. The van der Waals surface area contributed by atoms with E-state index in [1.807, 2.05) is 0 Å². The number of fused-ring (bicyclic) bond motifs is 1. The van der Waals surface area contributed by atoms with E-state index in [-0.39, 0.29) is 0 Å². The molecule has 1 nitrogen and oxygen atoms in total. The lowest BCUT2D eigenvalue weighted by Gasteiger charge is -2.36. The zero-order valence-electron chi connectivity index (χ0n) is 12.2. The topological polar surface area (TPSA) is 12.0 Å². The second-order valence-electron chi connectivity index (χ2n) is 6.81. The third-order valence-corrected chi connectivity index (χ3v) is 4.87. The number of benzene rings is 2. The van der Waals surface area contributed by atoms with Crippen LogP contribution in [0.15, 0.2) is 40.9 Å². The first kappa shape index (κ1) is 13.9. The van der Waals surface area contributed by atoms with E-state index in [0.29, 0.717) is 11.5 Å². The predicted octanol–water partition coefficient (Wildman–Crippen LogP) is 5.98. The number of hydrogen-bond donors (Lipinski definition) is 1. The van der Waals surface area contributed by atoms with E-state index in [4.69, 9.17) is 0 Å².